The summed E-state index contributed by atoms with van der Waals surface area (Å²) in [7, 11) is 0. The van der Waals surface area contributed by atoms with Gasteiger partial charge in [-0.15, -0.1) is 0 Å². The van der Waals surface area contributed by atoms with Gasteiger partial charge in [-0.25, -0.2) is 0 Å². The van der Waals surface area contributed by atoms with Gasteiger partial charge in [-0.2, -0.15) is 0 Å². The van der Waals surface area contributed by atoms with Crippen molar-refractivity contribution in [2.45, 2.75) is 44.6 Å². The minimum atomic E-state index is -0.563. The van der Waals surface area contributed by atoms with E-state index in [0.717, 1.165) is 25.7 Å². The lowest BCUT2D eigenvalue weighted by molar-refractivity contribution is -0.122. The van der Waals surface area contributed by atoms with Crippen LogP contribution in [0.1, 0.15) is 48.9 Å². The zero-order valence-electron chi connectivity index (χ0n) is 17.6. The van der Waals surface area contributed by atoms with E-state index in [1.807, 2.05) is 0 Å². The number of amides is 3. The van der Waals surface area contributed by atoms with Crippen LogP contribution in [-0.2, 0) is 9.59 Å². The standard InChI is InChI=1S/C24H25Cl2N3O3/c25-18-10-6-12-20(22(18)26)29-14-15(13-21(29)30)23(31)28-19-11-5-4-9-17(19)24(32)27-16-7-2-1-3-8-16/h4-6,9-12,15-16H,1-3,7-8,13-14H2,(H,27,32)(H,28,31)/t15-/m1/s1. The Kier molecular flexibility index (Phi) is 7.01. The number of carbonyl (C=O) groups is 3. The van der Waals surface area contributed by atoms with E-state index in [1.165, 1.54) is 11.3 Å². The molecule has 3 amide bonds. The highest BCUT2D eigenvalue weighted by Gasteiger charge is 2.36. The Labute approximate surface area is 197 Å². The van der Waals surface area contributed by atoms with Crippen LogP contribution < -0.4 is 15.5 Å². The number of benzene rings is 2. The second-order valence-electron chi connectivity index (χ2n) is 8.32. The number of para-hydroxylation sites is 1. The molecule has 4 rings (SSSR count). The van der Waals surface area contributed by atoms with E-state index < -0.39 is 5.92 Å². The lowest BCUT2D eigenvalue weighted by Crippen LogP contribution is -2.36. The van der Waals surface area contributed by atoms with Crippen molar-refractivity contribution >= 4 is 52.3 Å². The first-order chi connectivity index (χ1) is 15.4. The third kappa shape index (κ3) is 4.92. The molecule has 2 N–H and O–H groups in total. The van der Waals surface area contributed by atoms with Gasteiger partial charge in [0, 0.05) is 19.0 Å². The van der Waals surface area contributed by atoms with Gasteiger partial charge in [0.15, 0.2) is 0 Å². The minimum Gasteiger partial charge on any atom is -0.349 e. The molecule has 6 nitrogen and oxygen atoms in total. The summed E-state index contributed by atoms with van der Waals surface area (Å²) in [4.78, 5) is 39.9. The van der Waals surface area contributed by atoms with Gasteiger partial charge in [0.1, 0.15) is 0 Å². The maximum Gasteiger partial charge on any atom is 0.253 e. The average Bonchev–Trinajstić information content (AvgIpc) is 3.18. The van der Waals surface area contributed by atoms with Crippen molar-refractivity contribution in [1.82, 2.24) is 5.32 Å². The second-order valence-corrected chi connectivity index (χ2v) is 9.11. The van der Waals surface area contributed by atoms with Crippen molar-refractivity contribution in [2.24, 2.45) is 5.92 Å². The van der Waals surface area contributed by atoms with E-state index in [0.29, 0.717) is 22.0 Å². The summed E-state index contributed by atoms with van der Waals surface area (Å²) in [6.07, 6.45) is 5.46. The largest absolute Gasteiger partial charge is 0.349 e. The van der Waals surface area contributed by atoms with Crippen LogP contribution >= 0.6 is 23.2 Å². The lowest BCUT2D eigenvalue weighted by atomic mass is 9.95. The predicted octanol–water partition coefficient (Wildman–Crippen LogP) is 5.05. The van der Waals surface area contributed by atoms with Gasteiger partial charge in [-0.3, -0.25) is 14.4 Å². The average molecular weight is 474 g/mol. The summed E-state index contributed by atoms with van der Waals surface area (Å²) in [6, 6.07) is 12.2. The molecule has 2 aliphatic rings. The smallest absolute Gasteiger partial charge is 0.253 e. The molecule has 1 aliphatic carbocycles. The van der Waals surface area contributed by atoms with Gasteiger partial charge in [-0.1, -0.05) is 60.7 Å². The van der Waals surface area contributed by atoms with Crippen LogP contribution in [0.4, 0.5) is 11.4 Å². The molecular weight excluding hydrogens is 449 g/mol. The molecule has 168 valence electrons. The van der Waals surface area contributed by atoms with Crippen LogP contribution in [0.5, 0.6) is 0 Å². The first kappa shape index (κ1) is 22.6. The first-order valence-electron chi connectivity index (χ1n) is 10.9. The third-order valence-electron chi connectivity index (χ3n) is 6.09. The quantitative estimate of drug-likeness (QED) is 0.637. The fourth-order valence-electron chi connectivity index (χ4n) is 4.35. The number of anilines is 2. The molecule has 1 heterocycles. The number of carbonyl (C=O) groups excluding carboxylic acids is 3. The van der Waals surface area contributed by atoms with Gasteiger partial charge in [0.2, 0.25) is 11.8 Å². The zero-order valence-corrected chi connectivity index (χ0v) is 19.1. The van der Waals surface area contributed by atoms with E-state index >= 15 is 0 Å². The van der Waals surface area contributed by atoms with Crippen LogP contribution in [0.2, 0.25) is 10.0 Å². The topological polar surface area (TPSA) is 78.5 Å². The number of hydrogen-bond acceptors (Lipinski definition) is 3. The number of nitrogens with one attached hydrogen (secondary N) is 2. The molecule has 32 heavy (non-hydrogen) atoms. The molecule has 0 unspecified atom stereocenters. The molecular formula is C24H25Cl2N3O3. The van der Waals surface area contributed by atoms with Gasteiger partial charge >= 0.3 is 0 Å². The summed E-state index contributed by atoms with van der Waals surface area (Å²) in [5.74, 6) is -1.26. The number of nitrogens with zero attached hydrogens (tertiary/aromatic N) is 1. The molecule has 2 aromatic carbocycles. The van der Waals surface area contributed by atoms with E-state index in [-0.39, 0.29) is 41.8 Å². The van der Waals surface area contributed by atoms with E-state index in [2.05, 4.69) is 10.6 Å². The van der Waals surface area contributed by atoms with Crippen LogP contribution in [0, 0.1) is 5.92 Å². The molecule has 2 fully saturated rings. The SMILES string of the molecule is O=C(NC1CCCCC1)c1ccccc1NC(=O)[C@@H]1CC(=O)N(c2cccc(Cl)c2Cl)C1. The summed E-state index contributed by atoms with van der Waals surface area (Å²) in [5.41, 5.74) is 1.36. The van der Waals surface area contributed by atoms with Crippen LogP contribution in [0.25, 0.3) is 0 Å². The third-order valence-corrected chi connectivity index (χ3v) is 6.90. The molecule has 0 aromatic heterocycles. The molecule has 2 aromatic rings. The molecule has 1 saturated carbocycles. The molecule has 1 atom stereocenters. The van der Waals surface area contributed by atoms with Crippen molar-refractivity contribution in [3.8, 4) is 0 Å². The zero-order chi connectivity index (χ0) is 22.7. The molecule has 1 aliphatic heterocycles. The molecule has 0 radical (unpaired) electrons. The highest BCUT2D eigenvalue weighted by molar-refractivity contribution is 6.44. The Balaban J connectivity index is 1.45. The summed E-state index contributed by atoms with van der Waals surface area (Å²) in [5, 5.41) is 6.57. The Bertz CT molecular complexity index is 1040. The highest BCUT2D eigenvalue weighted by Crippen LogP contribution is 2.36. The van der Waals surface area contributed by atoms with E-state index in [9.17, 15) is 14.4 Å². The maximum atomic E-state index is 13.0. The number of hydrogen-bond donors (Lipinski definition) is 2. The van der Waals surface area contributed by atoms with Gasteiger partial charge in [-0.05, 0) is 37.1 Å². The fraction of sp³-hybridized carbons (Fsp3) is 0.375. The maximum absolute atomic E-state index is 13.0. The van der Waals surface area contributed by atoms with Crippen molar-refractivity contribution in [1.29, 1.82) is 0 Å². The van der Waals surface area contributed by atoms with Crippen LogP contribution in [-0.4, -0.2) is 30.3 Å². The van der Waals surface area contributed by atoms with Crippen molar-refractivity contribution in [3.05, 3.63) is 58.1 Å². The van der Waals surface area contributed by atoms with Crippen LogP contribution in [0.3, 0.4) is 0 Å². The number of halogens is 2. The Morgan fingerprint density at radius 1 is 0.969 bits per heavy atom. The van der Waals surface area contributed by atoms with E-state index in [4.69, 9.17) is 23.2 Å². The molecule has 1 saturated heterocycles. The van der Waals surface area contributed by atoms with Gasteiger partial charge in [0.05, 0.1) is 32.9 Å². The Morgan fingerprint density at radius 2 is 1.72 bits per heavy atom. The first-order valence-corrected chi connectivity index (χ1v) is 11.6. The Hall–Kier alpha value is -2.57. The van der Waals surface area contributed by atoms with Gasteiger partial charge < -0.3 is 15.5 Å². The molecule has 8 heteroatoms. The predicted molar refractivity (Wildman–Crippen MR) is 126 cm³/mol. The monoisotopic (exact) mass is 473 g/mol. The summed E-state index contributed by atoms with van der Waals surface area (Å²) < 4.78 is 0. The molecule has 0 spiro atoms. The van der Waals surface area contributed by atoms with Crippen molar-refractivity contribution in [2.75, 3.05) is 16.8 Å². The molecule has 0 bridgehead atoms. The summed E-state index contributed by atoms with van der Waals surface area (Å²) >= 11 is 12.3. The van der Waals surface area contributed by atoms with E-state index in [1.54, 1.807) is 42.5 Å². The minimum absolute atomic E-state index is 0.0606. The van der Waals surface area contributed by atoms with Crippen LogP contribution in [0.15, 0.2) is 42.5 Å². The lowest BCUT2D eigenvalue weighted by Gasteiger charge is -2.23. The van der Waals surface area contributed by atoms with Gasteiger partial charge in [0.25, 0.3) is 5.91 Å². The Morgan fingerprint density at radius 3 is 2.50 bits per heavy atom. The van der Waals surface area contributed by atoms with Crippen molar-refractivity contribution in [3.63, 3.8) is 0 Å². The highest BCUT2D eigenvalue weighted by atomic mass is 35.5. The summed E-state index contributed by atoms with van der Waals surface area (Å²) in [6.45, 7) is 0.196. The fourth-order valence-corrected chi connectivity index (χ4v) is 4.75. The second kappa shape index (κ2) is 9.92. The normalized spacial score (nSPS) is 19.1. The number of rotatable bonds is 5. The van der Waals surface area contributed by atoms with Crippen molar-refractivity contribution < 1.29 is 14.4 Å².